The number of fused-ring (bicyclic) bond motifs is 1. The van der Waals surface area contributed by atoms with Crippen molar-refractivity contribution in [3.8, 4) is 5.75 Å². The lowest BCUT2D eigenvalue weighted by atomic mass is 10.1. The van der Waals surface area contributed by atoms with Gasteiger partial charge in [-0.05, 0) is 30.9 Å². The van der Waals surface area contributed by atoms with Crippen molar-refractivity contribution in [1.82, 2.24) is 0 Å². The first-order valence-electron chi connectivity index (χ1n) is 8.43. The van der Waals surface area contributed by atoms with Crippen molar-refractivity contribution in [2.75, 3.05) is 18.5 Å². The molecule has 29 heavy (non-hydrogen) atoms. The van der Waals surface area contributed by atoms with Crippen LogP contribution < -0.4 is 15.8 Å². The number of aryl methyl sites for hydroxylation is 1. The van der Waals surface area contributed by atoms with E-state index >= 15 is 0 Å². The molecule has 0 spiro atoms. The van der Waals surface area contributed by atoms with Crippen LogP contribution in [0.25, 0.3) is 0 Å². The monoisotopic (exact) mass is 476 g/mol. The van der Waals surface area contributed by atoms with Crippen LogP contribution in [0.15, 0.2) is 12.1 Å². The summed E-state index contributed by atoms with van der Waals surface area (Å²) in [7, 11) is 0. The lowest BCUT2D eigenvalue weighted by Gasteiger charge is -2.10. The van der Waals surface area contributed by atoms with Crippen LogP contribution in [0.1, 0.15) is 27.2 Å². The molecule has 0 fully saturated rings. The molecule has 0 bridgehead atoms. The molecule has 0 atom stereocenters. The van der Waals surface area contributed by atoms with Crippen LogP contribution >= 0.6 is 46.1 Å². The van der Waals surface area contributed by atoms with Gasteiger partial charge >= 0.3 is 5.97 Å². The molecule has 0 saturated heterocycles. The van der Waals surface area contributed by atoms with Gasteiger partial charge in [0.05, 0.1) is 20.6 Å². The third-order valence-corrected chi connectivity index (χ3v) is 6.33. The van der Waals surface area contributed by atoms with Gasteiger partial charge in [-0.3, -0.25) is 9.59 Å². The highest BCUT2D eigenvalue weighted by molar-refractivity contribution is 7.17. The fraction of sp³-hybridized carbons (Fsp3) is 0.278. The average molecular weight is 478 g/mol. The molecule has 0 radical (unpaired) electrons. The summed E-state index contributed by atoms with van der Waals surface area (Å²) in [6.45, 7) is -1.02. The van der Waals surface area contributed by atoms with Crippen molar-refractivity contribution in [1.29, 1.82) is 0 Å². The Balaban J connectivity index is 1.52. The molecule has 1 aliphatic carbocycles. The highest BCUT2D eigenvalue weighted by atomic mass is 35.5. The lowest BCUT2D eigenvalue weighted by molar-refractivity contribution is -0.149. The number of nitrogens with two attached hydrogens (primary N) is 1. The van der Waals surface area contributed by atoms with Gasteiger partial charge in [0.25, 0.3) is 11.8 Å². The summed E-state index contributed by atoms with van der Waals surface area (Å²) in [5, 5.41) is 3.60. The molecule has 2 aromatic rings. The smallest absolute Gasteiger partial charge is 0.344 e. The number of esters is 1. The van der Waals surface area contributed by atoms with Gasteiger partial charge < -0.3 is 20.5 Å². The standard InChI is InChI=1S/C18H15Cl3N2O5S/c19-9-4-11(21)12(5-10(9)20)27-7-15(25)28-6-14(24)23-18-16(17(22)26)8-2-1-3-13(8)29-18/h4-5H,1-3,6-7H2,(H2,22,26)(H,23,24). The van der Waals surface area contributed by atoms with Crippen molar-refractivity contribution in [3.63, 3.8) is 0 Å². The fourth-order valence-corrected chi connectivity index (χ4v) is 4.76. The number of rotatable bonds is 7. The molecule has 11 heteroatoms. The van der Waals surface area contributed by atoms with E-state index in [0.717, 1.165) is 29.7 Å². The highest BCUT2D eigenvalue weighted by Gasteiger charge is 2.26. The summed E-state index contributed by atoms with van der Waals surface area (Å²) < 4.78 is 10.1. The van der Waals surface area contributed by atoms with Crippen LogP contribution in [-0.2, 0) is 27.2 Å². The number of ether oxygens (including phenoxy) is 2. The maximum absolute atomic E-state index is 12.1. The first-order chi connectivity index (χ1) is 13.8. The largest absolute Gasteiger partial charge is 0.480 e. The number of hydrogen-bond acceptors (Lipinski definition) is 6. The van der Waals surface area contributed by atoms with Crippen LogP contribution in [0.2, 0.25) is 15.1 Å². The molecular formula is C18H15Cl3N2O5S. The Morgan fingerprint density at radius 2 is 1.79 bits per heavy atom. The van der Waals surface area contributed by atoms with Gasteiger partial charge in [0.2, 0.25) is 0 Å². The second-order valence-electron chi connectivity index (χ2n) is 6.12. The van der Waals surface area contributed by atoms with Crippen LogP contribution in [0.3, 0.4) is 0 Å². The Hall–Kier alpha value is -2.00. The number of amides is 2. The minimum absolute atomic E-state index is 0.154. The summed E-state index contributed by atoms with van der Waals surface area (Å²) in [6.07, 6.45) is 2.56. The zero-order chi connectivity index (χ0) is 21.1. The molecule has 3 N–H and O–H groups in total. The molecule has 7 nitrogen and oxygen atoms in total. The number of benzene rings is 1. The van der Waals surface area contributed by atoms with E-state index in [2.05, 4.69) is 5.32 Å². The second-order valence-corrected chi connectivity index (χ2v) is 8.45. The van der Waals surface area contributed by atoms with E-state index in [9.17, 15) is 14.4 Å². The number of hydrogen-bond donors (Lipinski definition) is 2. The number of anilines is 1. The quantitative estimate of drug-likeness (QED) is 0.465. The molecule has 3 rings (SSSR count). The van der Waals surface area contributed by atoms with Crippen LogP contribution in [0, 0.1) is 0 Å². The summed E-state index contributed by atoms with van der Waals surface area (Å²) >= 11 is 19.0. The average Bonchev–Trinajstić information content (AvgIpc) is 3.22. The predicted octanol–water partition coefficient (Wildman–Crippen LogP) is 3.86. The minimum atomic E-state index is -0.786. The summed E-state index contributed by atoms with van der Waals surface area (Å²) in [4.78, 5) is 36.7. The Bertz CT molecular complexity index is 992. The van der Waals surface area contributed by atoms with Crippen LogP contribution in [0.4, 0.5) is 5.00 Å². The third-order valence-electron chi connectivity index (χ3n) is 4.11. The number of carbonyl (C=O) groups is 3. The fourth-order valence-electron chi connectivity index (χ4n) is 2.86. The van der Waals surface area contributed by atoms with E-state index < -0.39 is 31.0 Å². The van der Waals surface area contributed by atoms with Crippen molar-refractivity contribution in [2.24, 2.45) is 5.73 Å². The SMILES string of the molecule is NC(=O)c1c(NC(=O)COC(=O)COc2cc(Cl)c(Cl)cc2Cl)sc2c1CCC2. The Labute approximate surface area is 185 Å². The number of primary amides is 1. The van der Waals surface area contributed by atoms with Gasteiger partial charge in [-0.25, -0.2) is 4.79 Å². The molecule has 0 saturated carbocycles. The predicted molar refractivity (Wildman–Crippen MR) is 111 cm³/mol. The maximum Gasteiger partial charge on any atom is 0.344 e. The molecule has 1 aliphatic rings. The van der Waals surface area contributed by atoms with Crippen LogP contribution in [-0.4, -0.2) is 31.0 Å². The van der Waals surface area contributed by atoms with Crippen molar-refractivity contribution in [2.45, 2.75) is 19.3 Å². The third kappa shape index (κ3) is 5.14. The Kier molecular flexibility index (Phi) is 6.89. The number of halogens is 3. The van der Waals surface area contributed by atoms with E-state index in [-0.39, 0.29) is 20.8 Å². The van der Waals surface area contributed by atoms with Gasteiger partial charge in [-0.2, -0.15) is 0 Å². The van der Waals surface area contributed by atoms with E-state index in [4.69, 9.17) is 50.0 Å². The van der Waals surface area contributed by atoms with E-state index in [1.165, 1.54) is 23.5 Å². The lowest BCUT2D eigenvalue weighted by Crippen LogP contribution is -2.24. The molecule has 0 unspecified atom stereocenters. The Morgan fingerprint density at radius 3 is 2.52 bits per heavy atom. The summed E-state index contributed by atoms with van der Waals surface area (Å²) in [6, 6.07) is 2.75. The first-order valence-corrected chi connectivity index (χ1v) is 10.4. The van der Waals surface area contributed by atoms with Crippen molar-refractivity contribution >= 4 is 68.9 Å². The number of thiophene rings is 1. The topological polar surface area (TPSA) is 108 Å². The van der Waals surface area contributed by atoms with E-state index in [1.807, 2.05) is 0 Å². The molecular weight excluding hydrogens is 463 g/mol. The zero-order valence-electron chi connectivity index (χ0n) is 14.9. The normalized spacial score (nSPS) is 12.4. The van der Waals surface area contributed by atoms with Crippen molar-refractivity contribution < 1.29 is 23.9 Å². The van der Waals surface area contributed by atoms with Gasteiger partial charge in [-0.1, -0.05) is 34.8 Å². The molecule has 1 aromatic heterocycles. The van der Waals surface area contributed by atoms with Crippen molar-refractivity contribution in [3.05, 3.63) is 43.2 Å². The molecule has 2 amide bonds. The number of carbonyl (C=O) groups excluding carboxylic acids is 3. The van der Waals surface area contributed by atoms with Gasteiger partial charge in [0.1, 0.15) is 10.8 Å². The number of nitrogens with one attached hydrogen (secondary N) is 1. The van der Waals surface area contributed by atoms with E-state index in [1.54, 1.807) is 0 Å². The summed E-state index contributed by atoms with van der Waals surface area (Å²) in [5.74, 6) is -1.82. The second kappa shape index (κ2) is 9.21. The highest BCUT2D eigenvalue weighted by Crippen LogP contribution is 2.38. The zero-order valence-corrected chi connectivity index (χ0v) is 17.9. The molecule has 1 aromatic carbocycles. The van der Waals surface area contributed by atoms with E-state index in [0.29, 0.717) is 10.6 Å². The van der Waals surface area contributed by atoms with Gasteiger partial charge in [-0.15, -0.1) is 11.3 Å². The molecule has 0 aliphatic heterocycles. The molecule has 1 heterocycles. The minimum Gasteiger partial charge on any atom is -0.480 e. The summed E-state index contributed by atoms with van der Waals surface area (Å²) in [5.41, 5.74) is 6.67. The first kappa shape index (κ1) is 21.7. The van der Waals surface area contributed by atoms with Gasteiger partial charge in [0.15, 0.2) is 13.2 Å². The Morgan fingerprint density at radius 1 is 1.07 bits per heavy atom. The van der Waals surface area contributed by atoms with Crippen LogP contribution in [0.5, 0.6) is 5.75 Å². The maximum atomic E-state index is 12.1. The van der Waals surface area contributed by atoms with Gasteiger partial charge in [0, 0.05) is 10.9 Å². The molecule has 154 valence electrons.